The van der Waals surface area contributed by atoms with Gasteiger partial charge in [0.2, 0.25) is 5.91 Å². The van der Waals surface area contributed by atoms with E-state index in [-0.39, 0.29) is 11.9 Å². The van der Waals surface area contributed by atoms with E-state index in [4.69, 9.17) is 4.74 Å². The molecule has 0 bridgehead atoms. The van der Waals surface area contributed by atoms with Crippen molar-refractivity contribution in [1.82, 2.24) is 4.90 Å². The molecular weight excluding hydrogens is 312 g/mol. The molecule has 4 heteroatoms. The number of nitrogens with one attached hydrogen (secondary N) is 1. The van der Waals surface area contributed by atoms with Crippen LogP contribution in [-0.2, 0) is 9.53 Å². The van der Waals surface area contributed by atoms with Crippen LogP contribution < -0.4 is 5.32 Å². The molecule has 0 spiro atoms. The maximum Gasteiger partial charge on any atom is 0.248 e. The number of hydrogen-bond donors (Lipinski definition) is 1. The quantitative estimate of drug-likeness (QED) is 0.843. The molecular formula is C21H32N2O2. The van der Waals surface area contributed by atoms with Crippen molar-refractivity contribution in [1.29, 1.82) is 0 Å². The predicted octanol–water partition coefficient (Wildman–Crippen LogP) is 4.14. The van der Waals surface area contributed by atoms with Gasteiger partial charge in [-0.05, 0) is 51.7 Å². The van der Waals surface area contributed by atoms with Crippen molar-refractivity contribution in [3.63, 3.8) is 0 Å². The van der Waals surface area contributed by atoms with Crippen molar-refractivity contribution in [2.45, 2.75) is 70.4 Å². The van der Waals surface area contributed by atoms with Gasteiger partial charge in [0.05, 0.1) is 12.6 Å². The number of rotatable bonds is 6. The Morgan fingerprint density at radius 1 is 1.20 bits per heavy atom. The van der Waals surface area contributed by atoms with Crippen molar-refractivity contribution < 1.29 is 9.53 Å². The van der Waals surface area contributed by atoms with Gasteiger partial charge in [0.25, 0.3) is 0 Å². The number of benzene rings is 1. The number of hydrogen-bond acceptors (Lipinski definition) is 3. The van der Waals surface area contributed by atoms with Crippen LogP contribution in [0.25, 0.3) is 0 Å². The van der Waals surface area contributed by atoms with Crippen molar-refractivity contribution in [3.05, 3.63) is 29.8 Å². The fourth-order valence-electron chi connectivity index (χ4n) is 4.27. The third-order valence-corrected chi connectivity index (χ3v) is 5.70. The Balaban J connectivity index is 1.79. The van der Waals surface area contributed by atoms with E-state index in [0.717, 1.165) is 50.8 Å². The molecule has 2 aliphatic rings. The Hall–Kier alpha value is -1.55. The summed E-state index contributed by atoms with van der Waals surface area (Å²) in [7, 11) is 0. The molecule has 1 aliphatic heterocycles. The first kappa shape index (κ1) is 18.2. The highest BCUT2D eigenvalue weighted by Gasteiger charge is 2.44. The summed E-state index contributed by atoms with van der Waals surface area (Å²) in [6, 6.07) is 8.65. The normalized spacial score (nSPS) is 22.8. The zero-order valence-electron chi connectivity index (χ0n) is 15.7. The van der Waals surface area contributed by atoms with Crippen LogP contribution >= 0.6 is 0 Å². The molecule has 1 unspecified atom stereocenters. The molecule has 4 nitrogen and oxygen atoms in total. The topological polar surface area (TPSA) is 41.6 Å². The second-order valence-electron chi connectivity index (χ2n) is 7.59. The van der Waals surface area contributed by atoms with Crippen molar-refractivity contribution in [2.75, 3.05) is 25.1 Å². The first-order valence-corrected chi connectivity index (χ1v) is 9.88. The first-order valence-electron chi connectivity index (χ1n) is 9.88. The Labute approximate surface area is 151 Å². The lowest BCUT2D eigenvalue weighted by atomic mass is 9.80. The van der Waals surface area contributed by atoms with E-state index in [1.807, 2.05) is 6.92 Å². The summed E-state index contributed by atoms with van der Waals surface area (Å²) < 4.78 is 5.64. The van der Waals surface area contributed by atoms with Gasteiger partial charge in [-0.3, -0.25) is 4.79 Å². The molecule has 2 fully saturated rings. The largest absolute Gasteiger partial charge is 0.380 e. The minimum Gasteiger partial charge on any atom is -0.380 e. The first-order chi connectivity index (χ1) is 12.1. The van der Waals surface area contributed by atoms with Gasteiger partial charge in [-0.2, -0.15) is 0 Å². The van der Waals surface area contributed by atoms with Crippen LogP contribution in [0.2, 0.25) is 0 Å². The summed E-state index contributed by atoms with van der Waals surface area (Å²) in [5.74, 6) is 0.287. The second-order valence-corrected chi connectivity index (χ2v) is 7.59. The van der Waals surface area contributed by atoms with Gasteiger partial charge in [-0.25, -0.2) is 0 Å². The van der Waals surface area contributed by atoms with Crippen LogP contribution in [0.4, 0.5) is 5.69 Å². The van der Waals surface area contributed by atoms with Crippen molar-refractivity contribution in [3.8, 4) is 0 Å². The predicted molar refractivity (Wildman–Crippen MR) is 102 cm³/mol. The Morgan fingerprint density at radius 2 is 1.92 bits per heavy atom. The number of anilines is 1. The zero-order valence-corrected chi connectivity index (χ0v) is 15.7. The SMILES string of the molecule is CCOCC1CCCN1C(=O)C1(Nc2ccc(C)cc2)CCCCC1. The lowest BCUT2D eigenvalue weighted by molar-refractivity contribution is -0.139. The number of ether oxygens (including phenoxy) is 1. The Morgan fingerprint density at radius 3 is 2.60 bits per heavy atom. The molecule has 25 heavy (non-hydrogen) atoms. The van der Waals surface area contributed by atoms with Gasteiger partial charge in [-0.15, -0.1) is 0 Å². The number of carbonyl (C=O) groups excluding carboxylic acids is 1. The monoisotopic (exact) mass is 344 g/mol. The fraction of sp³-hybridized carbons (Fsp3) is 0.667. The van der Waals surface area contributed by atoms with Gasteiger partial charge in [-0.1, -0.05) is 37.0 Å². The molecule has 1 aliphatic carbocycles. The molecule has 138 valence electrons. The highest BCUT2D eigenvalue weighted by Crippen LogP contribution is 2.35. The summed E-state index contributed by atoms with van der Waals surface area (Å²) >= 11 is 0. The van der Waals surface area contributed by atoms with Gasteiger partial charge in [0.15, 0.2) is 0 Å². The van der Waals surface area contributed by atoms with E-state index in [1.165, 1.54) is 12.0 Å². The summed E-state index contributed by atoms with van der Waals surface area (Å²) in [6.07, 6.45) is 7.47. The standard InChI is InChI=1S/C21H32N2O2/c1-3-25-16-19-8-7-15-23(19)20(24)21(13-5-4-6-14-21)22-18-11-9-17(2)10-12-18/h9-12,19,22H,3-8,13-16H2,1-2H3. The molecule has 1 atom stereocenters. The number of likely N-dealkylation sites (tertiary alicyclic amines) is 1. The molecule has 1 amide bonds. The number of amides is 1. The van der Waals surface area contributed by atoms with Crippen molar-refractivity contribution >= 4 is 11.6 Å². The zero-order chi connectivity index (χ0) is 17.7. The fourth-order valence-corrected chi connectivity index (χ4v) is 4.27. The summed E-state index contributed by atoms with van der Waals surface area (Å²) in [4.78, 5) is 15.7. The van der Waals surface area contributed by atoms with Crippen LogP contribution in [0.15, 0.2) is 24.3 Å². The lowest BCUT2D eigenvalue weighted by Crippen LogP contribution is -2.56. The lowest BCUT2D eigenvalue weighted by Gasteiger charge is -2.41. The van der Waals surface area contributed by atoms with Gasteiger partial charge < -0.3 is 15.0 Å². The average Bonchev–Trinajstić information content (AvgIpc) is 3.10. The molecule has 1 aromatic rings. The van der Waals surface area contributed by atoms with E-state index < -0.39 is 5.54 Å². The molecule has 0 radical (unpaired) electrons. The van der Waals surface area contributed by atoms with Gasteiger partial charge in [0.1, 0.15) is 5.54 Å². The van der Waals surface area contributed by atoms with Gasteiger partial charge in [0, 0.05) is 18.8 Å². The summed E-state index contributed by atoms with van der Waals surface area (Å²) in [6.45, 7) is 6.36. The molecule has 3 rings (SSSR count). The van der Waals surface area contributed by atoms with Crippen LogP contribution in [0.1, 0.15) is 57.4 Å². The highest BCUT2D eigenvalue weighted by atomic mass is 16.5. The average molecular weight is 344 g/mol. The summed E-state index contributed by atoms with van der Waals surface area (Å²) in [5, 5.41) is 3.64. The molecule has 1 N–H and O–H groups in total. The number of nitrogens with zero attached hydrogens (tertiary/aromatic N) is 1. The number of carbonyl (C=O) groups is 1. The number of aryl methyl sites for hydroxylation is 1. The molecule has 1 aromatic carbocycles. The summed E-state index contributed by atoms with van der Waals surface area (Å²) in [5.41, 5.74) is 1.86. The minimum absolute atomic E-state index is 0.242. The van der Waals surface area contributed by atoms with E-state index in [9.17, 15) is 4.79 Å². The Bertz CT molecular complexity index is 564. The molecule has 1 saturated heterocycles. The van der Waals surface area contributed by atoms with E-state index in [0.29, 0.717) is 13.2 Å². The maximum atomic E-state index is 13.6. The van der Waals surface area contributed by atoms with E-state index >= 15 is 0 Å². The van der Waals surface area contributed by atoms with Crippen molar-refractivity contribution in [2.24, 2.45) is 0 Å². The van der Waals surface area contributed by atoms with Crippen LogP contribution in [0.3, 0.4) is 0 Å². The smallest absolute Gasteiger partial charge is 0.248 e. The third-order valence-electron chi connectivity index (χ3n) is 5.70. The molecule has 0 aromatic heterocycles. The van der Waals surface area contributed by atoms with Gasteiger partial charge >= 0.3 is 0 Å². The van der Waals surface area contributed by atoms with E-state index in [2.05, 4.69) is 41.4 Å². The van der Waals surface area contributed by atoms with Crippen LogP contribution in [0, 0.1) is 6.92 Å². The maximum absolute atomic E-state index is 13.6. The van der Waals surface area contributed by atoms with Crippen LogP contribution in [-0.4, -0.2) is 42.1 Å². The molecule has 1 heterocycles. The molecule has 1 saturated carbocycles. The third kappa shape index (κ3) is 4.17. The van der Waals surface area contributed by atoms with Crippen LogP contribution in [0.5, 0.6) is 0 Å². The van der Waals surface area contributed by atoms with E-state index in [1.54, 1.807) is 0 Å². The Kier molecular flexibility index (Phi) is 6.00. The highest BCUT2D eigenvalue weighted by molar-refractivity contribution is 5.90. The minimum atomic E-state index is -0.442. The second kappa shape index (κ2) is 8.22.